The number of benzene rings is 1. The molecule has 1 aromatic carbocycles. The summed E-state index contributed by atoms with van der Waals surface area (Å²) in [6.45, 7) is 6.58. The van der Waals surface area contributed by atoms with Crippen molar-refractivity contribution >= 4 is 17.7 Å². The Balaban J connectivity index is 1.65. The molecular formula is C22H27N3O3. The molecule has 0 spiro atoms. The molecule has 2 aromatic rings. The van der Waals surface area contributed by atoms with Crippen LogP contribution in [0.5, 0.6) is 0 Å². The smallest absolute Gasteiger partial charge is 0.325 e. The van der Waals surface area contributed by atoms with Crippen LogP contribution in [0, 0.1) is 13.8 Å². The third-order valence-electron chi connectivity index (χ3n) is 5.29. The summed E-state index contributed by atoms with van der Waals surface area (Å²) in [6.07, 6.45) is 2.18. The van der Waals surface area contributed by atoms with Crippen molar-refractivity contribution in [2.24, 2.45) is 0 Å². The van der Waals surface area contributed by atoms with Gasteiger partial charge in [-0.25, -0.2) is 4.79 Å². The molecule has 3 rings (SSSR count). The average molecular weight is 381 g/mol. The standard InChI is InChI=1S/C22H27N3O3/c1-4-12-24-15(2)13-18(16(24)3)20(26)14-25-21(27)19(23-22(25)28)11-10-17-8-6-5-7-9-17/h5-9,13,19H,4,10-12,14H2,1-3H3,(H,23,28). The molecular weight excluding hydrogens is 354 g/mol. The van der Waals surface area contributed by atoms with Crippen LogP contribution in [0.4, 0.5) is 4.79 Å². The van der Waals surface area contributed by atoms with E-state index in [0.29, 0.717) is 18.4 Å². The number of Topliss-reactive ketones (excluding diaryl/α,β-unsaturated/α-hetero) is 1. The Morgan fingerprint density at radius 3 is 2.54 bits per heavy atom. The minimum Gasteiger partial charge on any atom is -0.348 e. The first-order valence-corrected chi connectivity index (χ1v) is 9.78. The van der Waals surface area contributed by atoms with E-state index < -0.39 is 12.1 Å². The van der Waals surface area contributed by atoms with Crippen LogP contribution in [0.15, 0.2) is 36.4 Å². The number of aryl methyl sites for hydroxylation is 2. The van der Waals surface area contributed by atoms with E-state index >= 15 is 0 Å². The van der Waals surface area contributed by atoms with Crippen LogP contribution in [-0.4, -0.2) is 39.8 Å². The minimum absolute atomic E-state index is 0.206. The predicted octanol–water partition coefficient (Wildman–Crippen LogP) is 3.25. The number of amides is 3. The van der Waals surface area contributed by atoms with Gasteiger partial charge >= 0.3 is 6.03 Å². The molecule has 1 atom stereocenters. The lowest BCUT2D eigenvalue weighted by atomic mass is 10.1. The van der Waals surface area contributed by atoms with Gasteiger partial charge in [0.05, 0.1) is 6.54 Å². The lowest BCUT2D eigenvalue weighted by molar-refractivity contribution is -0.127. The highest BCUT2D eigenvalue weighted by molar-refractivity contribution is 6.09. The van der Waals surface area contributed by atoms with Crippen LogP contribution in [0.3, 0.4) is 0 Å². The molecule has 3 amide bonds. The van der Waals surface area contributed by atoms with Gasteiger partial charge in [0.2, 0.25) is 0 Å². The molecule has 1 N–H and O–H groups in total. The molecule has 0 aliphatic carbocycles. The monoisotopic (exact) mass is 381 g/mol. The van der Waals surface area contributed by atoms with Crippen molar-refractivity contribution in [3.8, 4) is 0 Å². The van der Waals surface area contributed by atoms with Gasteiger partial charge in [0.1, 0.15) is 6.04 Å². The summed E-state index contributed by atoms with van der Waals surface area (Å²) in [6, 6.07) is 10.6. The molecule has 1 unspecified atom stereocenters. The highest BCUT2D eigenvalue weighted by Gasteiger charge is 2.38. The quantitative estimate of drug-likeness (QED) is 0.564. The molecule has 1 aliphatic heterocycles. The first-order valence-electron chi connectivity index (χ1n) is 9.78. The SMILES string of the molecule is CCCn1c(C)cc(C(=O)CN2C(=O)NC(CCc3ccccc3)C2=O)c1C. The van der Waals surface area contributed by atoms with Crippen LogP contribution < -0.4 is 5.32 Å². The number of nitrogens with one attached hydrogen (secondary N) is 1. The zero-order chi connectivity index (χ0) is 20.3. The predicted molar refractivity (Wildman–Crippen MR) is 107 cm³/mol. The Morgan fingerprint density at radius 2 is 1.86 bits per heavy atom. The third-order valence-corrected chi connectivity index (χ3v) is 5.29. The summed E-state index contributed by atoms with van der Waals surface area (Å²) < 4.78 is 2.10. The second-order valence-corrected chi connectivity index (χ2v) is 7.31. The maximum atomic E-state index is 12.8. The Kier molecular flexibility index (Phi) is 5.97. The first kappa shape index (κ1) is 19.9. The highest BCUT2D eigenvalue weighted by Crippen LogP contribution is 2.19. The van der Waals surface area contributed by atoms with Crippen molar-refractivity contribution in [3.05, 3.63) is 58.9 Å². The Morgan fingerprint density at radius 1 is 1.14 bits per heavy atom. The molecule has 148 valence electrons. The molecule has 0 saturated carbocycles. The molecule has 1 aromatic heterocycles. The van der Waals surface area contributed by atoms with Crippen LogP contribution in [0.25, 0.3) is 0 Å². The molecule has 1 fully saturated rings. The zero-order valence-electron chi connectivity index (χ0n) is 16.7. The molecule has 6 nitrogen and oxygen atoms in total. The molecule has 28 heavy (non-hydrogen) atoms. The van der Waals surface area contributed by atoms with Gasteiger partial charge in [-0.15, -0.1) is 0 Å². The third kappa shape index (κ3) is 4.01. The second-order valence-electron chi connectivity index (χ2n) is 7.31. The molecule has 2 heterocycles. The number of aromatic nitrogens is 1. The number of ketones is 1. The highest BCUT2D eigenvalue weighted by atomic mass is 16.2. The number of carbonyl (C=O) groups is 3. The molecule has 6 heteroatoms. The van der Waals surface area contributed by atoms with Gasteiger partial charge in [0.25, 0.3) is 5.91 Å². The molecule has 0 bridgehead atoms. The van der Waals surface area contributed by atoms with E-state index in [0.717, 1.165) is 34.8 Å². The van der Waals surface area contributed by atoms with E-state index in [1.165, 1.54) is 0 Å². The summed E-state index contributed by atoms with van der Waals surface area (Å²) in [7, 11) is 0. The van der Waals surface area contributed by atoms with Crippen LogP contribution in [0.2, 0.25) is 0 Å². The average Bonchev–Trinajstić information content (AvgIpc) is 3.12. The van der Waals surface area contributed by atoms with Crippen LogP contribution in [-0.2, 0) is 17.8 Å². The number of hydrogen-bond acceptors (Lipinski definition) is 3. The Hall–Kier alpha value is -2.89. The van der Waals surface area contributed by atoms with E-state index in [9.17, 15) is 14.4 Å². The fourth-order valence-electron chi connectivity index (χ4n) is 3.76. The lowest BCUT2D eigenvalue weighted by Gasteiger charge is -2.13. The summed E-state index contributed by atoms with van der Waals surface area (Å²) in [5.74, 6) is -0.528. The van der Waals surface area contributed by atoms with Crippen molar-refractivity contribution in [3.63, 3.8) is 0 Å². The van der Waals surface area contributed by atoms with Crippen LogP contribution >= 0.6 is 0 Å². The number of hydrogen-bond donors (Lipinski definition) is 1. The van der Waals surface area contributed by atoms with E-state index in [2.05, 4.69) is 16.8 Å². The summed E-state index contributed by atoms with van der Waals surface area (Å²) in [4.78, 5) is 38.7. The van der Waals surface area contributed by atoms with E-state index in [1.807, 2.05) is 50.2 Å². The minimum atomic E-state index is -0.576. The van der Waals surface area contributed by atoms with E-state index in [-0.39, 0.29) is 18.2 Å². The van der Waals surface area contributed by atoms with E-state index in [1.54, 1.807) is 0 Å². The first-order chi connectivity index (χ1) is 13.4. The van der Waals surface area contributed by atoms with Gasteiger partial charge in [-0.3, -0.25) is 14.5 Å². The van der Waals surface area contributed by atoms with Gasteiger partial charge in [0, 0.05) is 23.5 Å². The summed E-state index contributed by atoms with van der Waals surface area (Å²) in [5, 5.41) is 2.71. The number of imide groups is 1. The maximum Gasteiger partial charge on any atom is 0.325 e. The largest absolute Gasteiger partial charge is 0.348 e. The molecule has 1 saturated heterocycles. The van der Waals surface area contributed by atoms with Gasteiger partial charge in [0.15, 0.2) is 5.78 Å². The van der Waals surface area contributed by atoms with Crippen molar-refractivity contribution < 1.29 is 14.4 Å². The number of nitrogens with zero attached hydrogens (tertiary/aromatic N) is 2. The van der Waals surface area contributed by atoms with Crippen LogP contribution in [0.1, 0.15) is 47.1 Å². The maximum absolute atomic E-state index is 12.8. The second kappa shape index (κ2) is 8.42. The van der Waals surface area contributed by atoms with Crippen molar-refractivity contribution in [1.29, 1.82) is 0 Å². The molecule has 0 radical (unpaired) electrons. The van der Waals surface area contributed by atoms with Crippen molar-refractivity contribution in [1.82, 2.24) is 14.8 Å². The normalized spacial score (nSPS) is 16.5. The molecule has 1 aliphatic rings. The Labute approximate surface area is 165 Å². The lowest BCUT2D eigenvalue weighted by Crippen LogP contribution is -2.36. The number of carbonyl (C=O) groups excluding carboxylic acids is 3. The summed E-state index contributed by atoms with van der Waals surface area (Å²) >= 11 is 0. The number of urea groups is 1. The van der Waals surface area contributed by atoms with Gasteiger partial charge in [-0.2, -0.15) is 0 Å². The number of rotatable bonds is 8. The van der Waals surface area contributed by atoms with E-state index in [4.69, 9.17) is 0 Å². The zero-order valence-corrected chi connectivity index (χ0v) is 16.7. The summed E-state index contributed by atoms with van der Waals surface area (Å²) in [5.41, 5.74) is 3.60. The van der Waals surface area contributed by atoms with Gasteiger partial charge in [-0.05, 0) is 44.7 Å². The van der Waals surface area contributed by atoms with Gasteiger partial charge < -0.3 is 9.88 Å². The van der Waals surface area contributed by atoms with Gasteiger partial charge in [-0.1, -0.05) is 37.3 Å². The van der Waals surface area contributed by atoms with Crippen molar-refractivity contribution in [2.75, 3.05) is 6.54 Å². The van der Waals surface area contributed by atoms with Crippen molar-refractivity contribution in [2.45, 2.75) is 52.6 Å². The Bertz CT molecular complexity index is 886. The fraction of sp³-hybridized carbons (Fsp3) is 0.409. The topological polar surface area (TPSA) is 71.4 Å². The fourth-order valence-corrected chi connectivity index (χ4v) is 3.76.